The van der Waals surface area contributed by atoms with E-state index in [1.807, 2.05) is 0 Å². The zero-order valence-electron chi connectivity index (χ0n) is 10.9. The average Bonchev–Trinajstić information content (AvgIpc) is 2.40. The van der Waals surface area contributed by atoms with Gasteiger partial charge in [-0.05, 0) is 38.5 Å². The molecule has 0 spiro atoms. The molecule has 1 saturated carbocycles. The molecule has 1 aliphatic carbocycles. The number of nitrogens with one attached hydrogen (secondary N) is 1. The number of carbonyl (C=O) groups excluding carboxylic acids is 1. The zero-order valence-corrected chi connectivity index (χ0v) is 10.9. The van der Waals surface area contributed by atoms with Gasteiger partial charge in [-0.2, -0.15) is 0 Å². The molecule has 104 valence electrons. The molecule has 1 heterocycles. The van der Waals surface area contributed by atoms with Gasteiger partial charge >= 0.3 is 0 Å². The molecule has 0 radical (unpaired) electrons. The SMILES string of the molecule is NC1(CO)CCC(C(=O)NC2CCOCC2)CC1. The predicted octanol–water partition coefficient (Wildman–Crippen LogP) is 0.162. The minimum atomic E-state index is -0.463. The van der Waals surface area contributed by atoms with Crippen LogP contribution in [0, 0.1) is 5.92 Å². The van der Waals surface area contributed by atoms with Gasteiger partial charge in [0.1, 0.15) is 0 Å². The number of rotatable bonds is 3. The smallest absolute Gasteiger partial charge is 0.223 e. The summed E-state index contributed by atoms with van der Waals surface area (Å²) in [5, 5.41) is 12.3. The summed E-state index contributed by atoms with van der Waals surface area (Å²) in [6.45, 7) is 1.50. The van der Waals surface area contributed by atoms with Gasteiger partial charge in [0.2, 0.25) is 5.91 Å². The highest BCUT2D eigenvalue weighted by atomic mass is 16.5. The summed E-state index contributed by atoms with van der Waals surface area (Å²) in [4.78, 5) is 12.1. The summed E-state index contributed by atoms with van der Waals surface area (Å²) >= 11 is 0. The molecule has 18 heavy (non-hydrogen) atoms. The van der Waals surface area contributed by atoms with Gasteiger partial charge in [-0.1, -0.05) is 0 Å². The summed E-state index contributed by atoms with van der Waals surface area (Å²) < 4.78 is 5.27. The van der Waals surface area contributed by atoms with E-state index in [0.29, 0.717) is 0 Å². The molecular formula is C13H24N2O3. The lowest BCUT2D eigenvalue weighted by molar-refractivity contribution is -0.127. The van der Waals surface area contributed by atoms with Crippen LogP contribution in [-0.2, 0) is 9.53 Å². The van der Waals surface area contributed by atoms with Gasteiger partial charge in [0.15, 0.2) is 0 Å². The van der Waals surface area contributed by atoms with E-state index >= 15 is 0 Å². The van der Waals surface area contributed by atoms with Crippen molar-refractivity contribution in [1.29, 1.82) is 0 Å². The fourth-order valence-electron chi connectivity index (χ4n) is 2.77. The molecule has 0 aromatic rings. The summed E-state index contributed by atoms with van der Waals surface area (Å²) in [5.41, 5.74) is 5.54. The molecule has 4 N–H and O–H groups in total. The first-order valence-corrected chi connectivity index (χ1v) is 6.91. The third-order valence-corrected chi connectivity index (χ3v) is 4.23. The van der Waals surface area contributed by atoms with Gasteiger partial charge in [0.25, 0.3) is 0 Å². The van der Waals surface area contributed by atoms with Gasteiger partial charge in [0.05, 0.1) is 6.61 Å². The molecule has 5 heteroatoms. The maximum absolute atomic E-state index is 12.1. The lowest BCUT2D eigenvalue weighted by Crippen LogP contribution is -2.49. The van der Waals surface area contributed by atoms with Crippen LogP contribution in [0.4, 0.5) is 0 Å². The zero-order chi connectivity index (χ0) is 13.0. The van der Waals surface area contributed by atoms with Gasteiger partial charge < -0.3 is 20.9 Å². The number of amides is 1. The van der Waals surface area contributed by atoms with Gasteiger partial charge in [-0.3, -0.25) is 4.79 Å². The molecule has 5 nitrogen and oxygen atoms in total. The van der Waals surface area contributed by atoms with Crippen LogP contribution in [0.25, 0.3) is 0 Å². The van der Waals surface area contributed by atoms with Crippen molar-refractivity contribution >= 4 is 5.91 Å². The van der Waals surface area contributed by atoms with E-state index in [4.69, 9.17) is 10.5 Å². The van der Waals surface area contributed by atoms with Crippen molar-refractivity contribution in [2.45, 2.75) is 50.1 Å². The summed E-state index contributed by atoms with van der Waals surface area (Å²) in [5.74, 6) is 0.220. The lowest BCUT2D eigenvalue weighted by atomic mass is 9.77. The maximum Gasteiger partial charge on any atom is 0.223 e. The molecule has 0 aromatic carbocycles. The Hall–Kier alpha value is -0.650. The number of hydrogen-bond donors (Lipinski definition) is 3. The first-order valence-electron chi connectivity index (χ1n) is 6.91. The van der Waals surface area contributed by atoms with Gasteiger partial charge in [-0.15, -0.1) is 0 Å². The molecular weight excluding hydrogens is 232 g/mol. The second kappa shape index (κ2) is 5.99. The third-order valence-electron chi connectivity index (χ3n) is 4.23. The van der Waals surface area contributed by atoms with Crippen LogP contribution in [0.15, 0.2) is 0 Å². The second-order valence-electron chi connectivity index (χ2n) is 5.69. The highest BCUT2D eigenvalue weighted by Crippen LogP contribution is 2.30. The molecule has 0 atom stereocenters. The highest BCUT2D eigenvalue weighted by Gasteiger charge is 2.34. The highest BCUT2D eigenvalue weighted by molar-refractivity contribution is 5.79. The Bertz CT molecular complexity index is 282. The summed E-state index contributed by atoms with van der Waals surface area (Å²) in [6, 6.07) is 0.272. The Balaban J connectivity index is 1.76. The van der Waals surface area contributed by atoms with Crippen LogP contribution >= 0.6 is 0 Å². The lowest BCUT2D eigenvalue weighted by Gasteiger charge is -2.35. The van der Waals surface area contributed by atoms with E-state index < -0.39 is 5.54 Å². The molecule has 2 aliphatic rings. The van der Waals surface area contributed by atoms with Crippen molar-refractivity contribution in [3.05, 3.63) is 0 Å². The van der Waals surface area contributed by atoms with E-state index in [1.54, 1.807) is 0 Å². The van der Waals surface area contributed by atoms with E-state index in [0.717, 1.165) is 51.7 Å². The van der Waals surface area contributed by atoms with E-state index in [1.165, 1.54) is 0 Å². The van der Waals surface area contributed by atoms with Crippen molar-refractivity contribution in [2.75, 3.05) is 19.8 Å². The van der Waals surface area contributed by atoms with Crippen LogP contribution in [-0.4, -0.2) is 42.4 Å². The average molecular weight is 256 g/mol. The largest absolute Gasteiger partial charge is 0.394 e. The number of aliphatic hydroxyl groups excluding tert-OH is 1. The normalized spacial score (nSPS) is 34.2. The molecule has 0 unspecified atom stereocenters. The monoisotopic (exact) mass is 256 g/mol. The van der Waals surface area contributed by atoms with E-state index in [-0.39, 0.29) is 24.5 Å². The molecule has 1 amide bonds. The molecule has 0 bridgehead atoms. The quantitative estimate of drug-likeness (QED) is 0.671. The van der Waals surface area contributed by atoms with Crippen LogP contribution in [0.3, 0.4) is 0 Å². The second-order valence-corrected chi connectivity index (χ2v) is 5.69. The summed E-state index contributed by atoms with van der Waals surface area (Å²) in [6.07, 6.45) is 4.86. The first-order chi connectivity index (χ1) is 8.63. The molecule has 2 fully saturated rings. The molecule has 0 aromatic heterocycles. The topological polar surface area (TPSA) is 84.6 Å². The van der Waals surface area contributed by atoms with Crippen LogP contribution in [0.2, 0.25) is 0 Å². The van der Waals surface area contributed by atoms with Crippen LogP contribution < -0.4 is 11.1 Å². The van der Waals surface area contributed by atoms with Gasteiger partial charge in [0, 0.05) is 30.7 Å². The number of ether oxygens (including phenoxy) is 1. The Morgan fingerprint density at radius 3 is 2.44 bits per heavy atom. The maximum atomic E-state index is 12.1. The van der Waals surface area contributed by atoms with Crippen molar-refractivity contribution in [1.82, 2.24) is 5.32 Å². The van der Waals surface area contributed by atoms with Crippen molar-refractivity contribution in [2.24, 2.45) is 11.7 Å². The number of aliphatic hydroxyl groups is 1. The van der Waals surface area contributed by atoms with E-state index in [9.17, 15) is 9.90 Å². The molecule has 2 rings (SSSR count). The number of carbonyl (C=O) groups is 1. The van der Waals surface area contributed by atoms with Crippen LogP contribution in [0.5, 0.6) is 0 Å². The fraction of sp³-hybridized carbons (Fsp3) is 0.923. The minimum absolute atomic E-state index is 0.0152. The van der Waals surface area contributed by atoms with Crippen molar-refractivity contribution in [3.8, 4) is 0 Å². The number of hydrogen-bond acceptors (Lipinski definition) is 4. The number of nitrogens with two attached hydrogens (primary N) is 1. The first kappa shape index (κ1) is 13.8. The van der Waals surface area contributed by atoms with Crippen LogP contribution in [0.1, 0.15) is 38.5 Å². The Labute approximate surface area is 108 Å². The van der Waals surface area contributed by atoms with E-state index in [2.05, 4.69) is 5.32 Å². The summed E-state index contributed by atoms with van der Waals surface area (Å²) in [7, 11) is 0. The molecule has 1 aliphatic heterocycles. The third kappa shape index (κ3) is 3.43. The van der Waals surface area contributed by atoms with Gasteiger partial charge in [-0.25, -0.2) is 0 Å². The van der Waals surface area contributed by atoms with Crippen molar-refractivity contribution in [3.63, 3.8) is 0 Å². The fourth-order valence-corrected chi connectivity index (χ4v) is 2.77. The standard InChI is InChI=1S/C13H24N2O3/c14-13(9-16)5-1-10(2-6-13)12(17)15-11-3-7-18-8-4-11/h10-11,16H,1-9,14H2,(H,15,17). The minimum Gasteiger partial charge on any atom is -0.394 e. The Morgan fingerprint density at radius 1 is 1.28 bits per heavy atom. The predicted molar refractivity (Wildman–Crippen MR) is 67.9 cm³/mol. The Morgan fingerprint density at radius 2 is 1.89 bits per heavy atom. The molecule has 1 saturated heterocycles. The Kier molecular flexibility index (Phi) is 4.59. The van der Waals surface area contributed by atoms with Crippen molar-refractivity contribution < 1.29 is 14.6 Å².